The third-order valence-corrected chi connectivity index (χ3v) is 2.11. The molecule has 0 unspecified atom stereocenters. The zero-order valence-corrected chi connectivity index (χ0v) is 9.01. The first-order chi connectivity index (χ1) is 6.59. The van der Waals surface area contributed by atoms with Gasteiger partial charge < -0.3 is 0 Å². The molecule has 0 bridgehead atoms. The molecule has 1 rings (SSSR count). The molecule has 0 saturated heterocycles. The smallest absolute Gasteiger partial charge is 0.275 e. The molecule has 14 heavy (non-hydrogen) atoms. The van der Waals surface area contributed by atoms with Crippen LogP contribution in [-0.2, 0) is 0 Å². The van der Waals surface area contributed by atoms with Gasteiger partial charge in [0, 0.05) is 0 Å². The highest BCUT2D eigenvalue weighted by molar-refractivity contribution is 9.10. The highest BCUT2D eigenvalue weighted by atomic mass is 79.9. The van der Waals surface area contributed by atoms with Gasteiger partial charge in [-0.05, 0) is 28.1 Å². The maximum atomic E-state index is 5.57. The van der Waals surface area contributed by atoms with Crippen LogP contribution in [0.2, 0.25) is 0 Å². The molecule has 0 atom stereocenters. The van der Waals surface area contributed by atoms with Crippen molar-refractivity contribution in [1.29, 1.82) is 0 Å². The van der Waals surface area contributed by atoms with E-state index in [9.17, 15) is 0 Å². The van der Waals surface area contributed by atoms with Gasteiger partial charge in [0.1, 0.15) is 5.69 Å². The topological polar surface area (TPSA) is 106 Å². The number of halogens is 1. The third-order valence-electron chi connectivity index (χ3n) is 1.42. The quantitative estimate of drug-likeness (QED) is 0.271. The summed E-state index contributed by atoms with van der Waals surface area (Å²) in [6.07, 6.45) is 0. The lowest BCUT2D eigenvalue weighted by atomic mass is 10.3. The second-order valence-corrected chi connectivity index (χ2v) is 3.45. The van der Waals surface area contributed by atoms with Gasteiger partial charge in [0.15, 0.2) is 0 Å². The summed E-state index contributed by atoms with van der Waals surface area (Å²) >= 11 is 3.36. The van der Waals surface area contributed by atoms with Crippen LogP contribution in [0.4, 0.5) is 5.69 Å². The molecule has 0 fully saturated rings. The van der Waals surface area contributed by atoms with Gasteiger partial charge in [-0.25, -0.2) is 4.99 Å². The molecule has 6 heteroatoms. The molecule has 1 aromatic rings. The van der Waals surface area contributed by atoms with Gasteiger partial charge in [-0.2, -0.15) is 4.99 Å². The molecule has 0 amide bonds. The highest BCUT2D eigenvalue weighted by Crippen LogP contribution is 2.15. The Labute approximate surface area is 89.8 Å². The van der Waals surface area contributed by atoms with Crippen LogP contribution >= 0.6 is 15.9 Å². The van der Waals surface area contributed by atoms with Crippen molar-refractivity contribution in [1.82, 2.24) is 0 Å². The van der Waals surface area contributed by atoms with Crippen molar-refractivity contribution in [3.05, 3.63) is 28.7 Å². The molecule has 0 aliphatic carbocycles. The van der Waals surface area contributed by atoms with E-state index in [-0.39, 0.29) is 11.9 Å². The number of rotatable bonds is 1. The van der Waals surface area contributed by atoms with Crippen molar-refractivity contribution < 1.29 is 9.98 Å². The second kappa shape index (κ2) is 4.61. The molecular formula is C8H12BrN5+2. The Hall–Kier alpha value is -1.56. The molecule has 0 saturated carbocycles. The van der Waals surface area contributed by atoms with Crippen LogP contribution in [0.1, 0.15) is 0 Å². The van der Waals surface area contributed by atoms with Crippen LogP contribution in [0.5, 0.6) is 0 Å². The zero-order chi connectivity index (χ0) is 10.6. The Bertz CT molecular complexity index is 381. The van der Waals surface area contributed by atoms with E-state index in [1.54, 1.807) is 0 Å². The number of hydrogen-bond acceptors (Lipinski definition) is 0. The summed E-state index contributed by atoms with van der Waals surface area (Å²) in [6, 6.07) is 7.55. The van der Waals surface area contributed by atoms with Crippen LogP contribution in [0.15, 0.2) is 28.7 Å². The van der Waals surface area contributed by atoms with E-state index in [1.165, 1.54) is 0 Å². The van der Waals surface area contributed by atoms with Gasteiger partial charge >= 0.3 is 11.9 Å². The van der Waals surface area contributed by atoms with E-state index in [4.69, 9.17) is 17.2 Å². The molecule has 0 aliphatic heterocycles. The van der Waals surface area contributed by atoms with Crippen molar-refractivity contribution in [2.45, 2.75) is 0 Å². The van der Waals surface area contributed by atoms with E-state index in [0.29, 0.717) is 0 Å². The van der Waals surface area contributed by atoms with Crippen molar-refractivity contribution in [3.63, 3.8) is 0 Å². The number of nitrogens with two attached hydrogens (primary N) is 3. The summed E-state index contributed by atoms with van der Waals surface area (Å²) < 4.78 is 0.903. The Morgan fingerprint density at radius 1 is 1.14 bits per heavy atom. The molecule has 1 aromatic carbocycles. The first-order valence-electron chi connectivity index (χ1n) is 3.88. The van der Waals surface area contributed by atoms with Gasteiger partial charge in [0.05, 0.1) is 4.47 Å². The summed E-state index contributed by atoms with van der Waals surface area (Å²) in [5.41, 5.74) is 16.8. The minimum absolute atomic E-state index is 0.0436. The average Bonchev–Trinajstić information content (AvgIpc) is 2.07. The minimum atomic E-state index is 0.0436. The Morgan fingerprint density at radius 2 is 1.79 bits per heavy atom. The molecule has 0 heterocycles. The number of guanidine groups is 2. The molecule has 5 nitrogen and oxygen atoms in total. The molecule has 0 aliphatic rings. The van der Waals surface area contributed by atoms with Gasteiger partial charge in [-0.3, -0.25) is 17.2 Å². The number of benzene rings is 1. The van der Waals surface area contributed by atoms with Gasteiger partial charge in [0.2, 0.25) is 0 Å². The molecular weight excluding hydrogens is 246 g/mol. The van der Waals surface area contributed by atoms with Crippen molar-refractivity contribution >= 4 is 33.5 Å². The standard InChI is InChI=1S/C8H10BrN5/c9-5-3-1-2-4-6(5)13-8(12)14-7(10)11/h1-4H,(H6,10,11,12,13,14)/p+2. The first kappa shape index (κ1) is 10.5. The summed E-state index contributed by atoms with van der Waals surface area (Å²) in [6.45, 7) is 0. The van der Waals surface area contributed by atoms with Gasteiger partial charge in [-0.15, -0.1) is 0 Å². The fourth-order valence-electron chi connectivity index (χ4n) is 0.894. The number of para-hydroxylation sites is 1. The lowest BCUT2D eigenvalue weighted by Gasteiger charge is -1.94. The van der Waals surface area contributed by atoms with E-state index in [0.717, 1.165) is 10.2 Å². The Kier molecular flexibility index (Phi) is 3.47. The highest BCUT2D eigenvalue weighted by Gasteiger charge is 2.02. The van der Waals surface area contributed by atoms with Crippen LogP contribution in [0.25, 0.3) is 0 Å². The predicted molar refractivity (Wildman–Crippen MR) is 58.3 cm³/mol. The predicted octanol–water partition coefficient (Wildman–Crippen LogP) is -3.17. The Morgan fingerprint density at radius 3 is 2.36 bits per heavy atom. The SMILES string of the molecule is NC(N)=[NH+]C(N)=[NH+]c1ccccc1Br. The summed E-state index contributed by atoms with van der Waals surface area (Å²) in [5, 5.41) is 0. The molecule has 0 spiro atoms. The fraction of sp³-hybridized carbons (Fsp3) is 0. The fourth-order valence-corrected chi connectivity index (χ4v) is 1.28. The summed E-state index contributed by atoms with van der Waals surface area (Å²) in [7, 11) is 0. The monoisotopic (exact) mass is 257 g/mol. The lowest BCUT2D eigenvalue weighted by Crippen LogP contribution is -2.96. The van der Waals surface area contributed by atoms with Gasteiger partial charge in [-0.1, -0.05) is 12.1 Å². The van der Waals surface area contributed by atoms with Crippen molar-refractivity contribution in [2.24, 2.45) is 17.2 Å². The van der Waals surface area contributed by atoms with Crippen LogP contribution < -0.4 is 27.2 Å². The van der Waals surface area contributed by atoms with E-state index < -0.39 is 0 Å². The van der Waals surface area contributed by atoms with Crippen LogP contribution in [0, 0.1) is 0 Å². The Balaban J connectivity index is 2.98. The molecule has 74 valence electrons. The number of nitrogens with one attached hydrogen (secondary N) is 2. The number of hydrogen-bond donors (Lipinski definition) is 5. The molecule has 0 aromatic heterocycles. The molecule has 8 N–H and O–H groups in total. The summed E-state index contributed by atoms with van der Waals surface area (Å²) in [4.78, 5) is 5.45. The van der Waals surface area contributed by atoms with E-state index in [2.05, 4.69) is 25.9 Å². The van der Waals surface area contributed by atoms with Gasteiger partial charge in [0.25, 0.3) is 0 Å². The zero-order valence-electron chi connectivity index (χ0n) is 7.42. The normalized spacial score (nSPS) is 11.1. The van der Waals surface area contributed by atoms with Crippen molar-refractivity contribution in [2.75, 3.05) is 0 Å². The molecule has 0 radical (unpaired) electrons. The van der Waals surface area contributed by atoms with Crippen LogP contribution in [0.3, 0.4) is 0 Å². The maximum absolute atomic E-state index is 5.57. The minimum Gasteiger partial charge on any atom is -0.275 e. The average molecular weight is 258 g/mol. The van der Waals surface area contributed by atoms with Crippen LogP contribution in [-0.4, -0.2) is 11.9 Å². The second-order valence-electron chi connectivity index (χ2n) is 2.60. The van der Waals surface area contributed by atoms with Crippen molar-refractivity contribution in [3.8, 4) is 0 Å². The summed E-state index contributed by atoms with van der Waals surface area (Å²) in [5.74, 6) is 0.318. The lowest BCUT2D eigenvalue weighted by molar-refractivity contribution is -0.459. The third kappa shape index (κ3) is 3.06. The maximum Gasteiger partial charge on any atom is 0.390 e. The van der Waals surface area contributed by atoms with E-state index >= 15 is 0 Å². The first-order valence-corrected chi connectivity index (χ1v) is 4.68. The van der Waals surface area contributed by atoms with E-state index in [1.807, 2.05) is 24.3 Å². The largest absolute Gasteiger partial charge is 0.390 e.